The van der Waals surface area contributed by atoms with Gasteiger partial charge in [0.05, 0.1) is 30.7 Å². The summed E-state index contributed by atoms with van der Waals surface area (Å²) in [6.07, 6.45) is 0.420. The number of hydroxylamine groups is 2. The topological polar surface area (TPSA) is 168 Å². The van der Waals surface area contributed by atoms with E-state index < -0.39 is 54.9 Å². The maximum atomic E-state index is 12.9. The van der Waals surface area contributed by atoms with Crippen LogP contribution in [0.4, 0.5) is 9.59 Å². The molecular weight excluding hydrogens is 522 g/mol. The fourth-order valence-electron chi connectivity index (χ4n) is 3.70. The molecule has 0 aliphatic carbocycles. The summed E-state index contributed by atoms with van der Waals surface area (Å²) in [6.45, 7) is 14.6. The van der Waals surface area contributed by atoms with Gasteiger partial charge in [0.2, 0.25) is 0 Å². The van der Waals surface area contributed by atoms with Crippen molar-refractivity contribution in [2.24, 2.45) is 12.2 Å². The lowest BCUT2D eigenvalue weighted by molar-refractivity contribution is -0.0586. The normalized spacial score (nSPS) is 20.7. The van der Waals surface area contributed by atoms with Crippen molar-refractivity contribution in [1.29, 1.82) is 0 Å². The summed E-state index contributed by atoms with van der Waals surface area (Å²) in [5, 5.41) is 19.5. The van der Waals surface area contributed by atoms with Crippen LogP contribution >= 0.6 is 0 Å². The van der Waals surface area contributed by atoms with Gasteiger partial charge in [0.15, 0.2) is 0 Å². The number of hydrogen-bond donors (Lipinski definition) is 3. The molecule has 0 spiro atoms. The van der Waals surface area contributed by atoms with Gasteiger partial charge in [-0.3, -0.25) is 9.89 Å². The highest BCUT2D eigenvalue weighted by molar-refractivity contribution is 7.88. The summed E-state index contributed by atoms with van der Waals surface area (Å²) >= 11 is 0. The standard InChI is InChI=1S/C21H37N7O7SSi/c1-20(2,3)34-18(29)25-36(32,33)23-11-14(24-35-37(8,9)21(4,5)6)17-16-13(10-22-26(16)7)15-12-27(17)19(30)28(15)31/h10,15,17,23,31H,11-12H2,1-9H3,(H,25,29)/b24-14+/t15-,17-/m1/s1. The van der Waals surface area contributed by atoms with E-state index in [9.17, 15) is 23.2 Å². The van der Waals surface area contributed by atoms with Crippen molar-refractivity contribution in [3.8, 4) is 0 Å². The van der Waals surface area contributed by atoms with Crippen LogP contribution in [-0.4, -0.2) is 78.2 Å². The number of aromatic nitrogens is 2. The predicted molar refractivity (Wildman–Crippen MR) is 136 cm³/mol. The Balaban J connectivity index is 1.97. The van der Waals surface area contributed by atoms with Crippen LogP contribution in [0.1, 0.15) is 64.9 Å². The maximum Gasteiger partial charge on any atom is 0.422 e. The van der Waals surface area contributed by atoms with E-state index in [0.717, 1.165) is 0 Å². The number of urea groups is 1. The van der Waals surface area contributed by atoms with Crippen molar-refractivity contribution in [2.45, 2.75) is 77.4 Å². The van der Waals surface area contributed by atoms with Crippen LogP contribution in [-0.2, 0) is 26.5 Å². The van der Waals surface area contributed by atoms with E-state index in [1.54, 1.807) is 38.7 Å². The molecule has 0 radical (unpaired) electrons. The zero-order valence-electron chi connectivity index (χ0n) is 22.7. The quantitative estimate of drug-likeness (QED) is 0.198. The summed E-state index contributed by atoms with van der Waals surface area (Å²) in [7, 11) is -5.12. The molecule has 14 nitrogen and oxygen atoms in total. The first kappa shape index (κ1) is 28.9. The molecule has 208 valence electrons. The zero-order chi connectivity index (χ0) is 28.1. The first-order valence-electron chi connectivity index (χ1n) is 11.8. The first-order valence-corrected chi connectivity index (χ1v) is 16.2. The van der Waals surface area contributed by atoms with Crippen molar-refractivity contribution >= 4 is 36.4 Å². The molecule has 2 aliphatic rings. The minimum atomic E-state index is -4.37. The Kier molecular flexibility index (Phi) is 7.46. The lowest BCUT2D eigenvalue weighted by Gasteiger charge is -2.35. The number of carbonyl (C=O) groups excluding carboxylic acids is 2. The summed E-state index contributed by atoms with van der Waals surface area (Å²) in [5.41, 5.74) is 0.445. The van der Waals surface area contributed by atoms with E-state index in [-0.39, 0.29) is 17.3 Å². The van der Waals surface area contributed by atoms with Gasteiger partial charge in [-0.25, -0.2) is 14.3 Å². The van der Waals surface area contributed by atoms with E-state index in [1.807, 2.05) is 38.6 Å². The second-order valence-electron chi connectivity index (χ2n) is 11.7. The second kappa shape index (κ2) is 9.56. The van der Waals surface area contributed by atoms with Gasteiger partial charge in [-0.05, 0) is 38.9 Å². The summed E-state index contributed by atoms with van der Waals surface area (Å²) in [6, 6.07) is -2.14. The van der Waals surface area contributed by atoms with Crippen molar-refractivity contribution in [3.63, 3.8) is 0 Å². The molecule has 3 heterocycles. The monoisotopic (exact) mass is 559 g/mol. The number of rotatable bonds is 7. The second-order valence-corrected chi connectivity index (χ2v) is 17.9. The zero-order valence-corrected chi connectivity index (χ0v) is 24.5. The number of ether oxygens (including phenoxy) is 1. The van der Waals surface area contributed by atoms with Gasteiger partial charge in [0, 0.05) is 12.6 Å². The van der Waals surface area contributed by atoms with Gasteiger partial charge >= 0.3 is 22.3 Å². The molecule has 0 aromatic carbocycles. The number of oxime groups is 1. The van der Waals surface area contributed by atoms with Crippen LogP contribution in [0.3, 0.4) is 0 Å². The lowest BCUT2D eigenvalue weighted by Crippen LogP contribution is -2.48. The average Bonchev–Trinajstić information content (AvgIpc) is 3.21. The fraction of sp³-hybridized carbons (Fsp3) is 0.714. The number of nitrogens with zero attached hydrogens (tertiary/aromatic N) is 5. The molecule has 1 fully saturated rings. The highest BCUT2D eigenvalue weighted by atomic mass is 32.2. The number of fused-ring (bicyclic) bond motifs is 4. The van der Waals surface area contributed by atoms with Crippen molar-refractivity contribution < 1.29 is 32.5 Å². The lowest BCUT2D eigenvalue weighted by atomic mass is 9.95. The van der Waals surface area contributed by atoms with E-state index in [2.05, 4.69) is 15.0 Å². The Morgan fingerprint density at radius 1 is 1.27 bits per heavy atom. The molecule has 0 saturated carbocycles. The smallest absolute Gasteiger partial charge is 0.422 e. The predicted octanol–water partition coefficient (Wildman–Crippen LogP) is 2.38. The van der Waals surface area contributed by atoms with Crippen LogP contribution in [0, 0.1) is 0 Å². The molecule has 1 aromatic heterocycles. The number of aryl methyl sites for hydroxylation is 1. The molecule has 0 unspecified atom stereocenters. The SMILES string of the molecule is Cn1ncc2c1[C@@H](/C(CNS(=O)(=O)NC(=O)OC(C)(C)C)=N/O[Si](C)(C)C(C)(C)C)N1C[C@H]2N(O)C1=O. The Labute approximate surface area is 218 Å². The van der Waals surface area contributed by atoms with E-state index >= 15 is 0 Å². The van der Waals surface area contributed by atoms with Crippen LogP contribution in [0.15, 0.2) is 11.4 Å². The van der Waals surface area contributed by atoms with Crippen LogP contribution in [0.25, 0.3) is 0 Å². The molecule has 2 aliphatic heterocycles. The number of amides is 3. The van der Waals surface area contributed by atoms with Gasteiger partial charge in [-0.1, -0.05) is 20.8 Å². The fourth-order valence-corrected chi connectivity index (χ4v) is 4.99. The first-order chi connectivity index (χ1) is 16.7. The third-order valence-electron chi connectivity index (χ3n) is 6.62. The van der Waals surface area contributed by atoms with Crippen LogP contribution in [0.5, 0.6) is 0 Å². The Morgan fingerprint density at radius 2 is 1.89 bits per heavy atom. The highest BCUT2D eigenvalue weighted by Crippen LogP contribution is 2.43. The van der Waals surface area contributed by atoms with Gasteiger partial charge < -0.3 is 14.2 Å². The van der Waals surface area contributed by atoms with Crippen molar-refractivity contribution in [3.05, 3.63) is 17.5 Å². The molecule has 1 aromatic rings. The Bertz CT molecular complexity index is 1200. The minimum Gasteiger partial charge on any atom is -0.455 e. The number of nitrogens with one attached hydrogen (secondary N) is 2. The molecule has 3 rings (SSSR count). The third kappa shape index (κ3) is 6.07. The summed E-state index contributed by atoms with van der Waals surface area (Å²) in [4.78, 5) is 26.3. The van der Waals surface area contributed by atoms with Crippen molar-refractivity contribution in [2.75, 3.05) is 13.1 Å². The molecule has 3 amide bonds. The van der Waals surface area contributed by atoms with E-state index in [0.29, 0.717) is 16.3 Å². The summed E-state index contributed by atoms with van der Waals surface area (Å²) < 4.78 is 42.1. The highest BCUT2D eigenvalue weighted by Gasteiger charge is 2.51. The van der Waals surface area contributed by atoms with Gasteiger partial charge in [0.25, 0.3) is 8.32 Å². The van der Waals surface area contributed by atoms with Gasteiger partial charge in [-0.2, -0.15) is 23.3 Å². The average molecular weight is 560 g/mol. The molecule has 16 heteroatoms. The molecule has 1 saturated heterocycles. The molecule has 3 N–H and O–H groups in total. The summed E-state index contributed by atoms with van der Waals surface area (Å²) in [5.74, 6) is 0. The van der Waals surface area contributed by atoms with Crippen LogP contribution in [0.2, 0.25) is 18.1 Å². The van der Waals surface area contributed by atoms with Crippen molar-refractivity contribution in [1.82, 2.24) is 29.2 Å². The van der Waals surface area contributed by atoms with Gasteiger partial charge in [0.1, 0.15) is 17.7 Å². The van der Waals surface area contributed by atoms with E-state index in [1.165, 1.54) is 4.90 Å². The van der Waals surface area contributed by atoms with Gasteiger partial charge in [-0.15, -0.1) is 5.16 Å². The van der Waals surface area contributed by atoms with Crippen LogP contribution < -0.4 is 9.44 Å². The molecule has 37 heavy (non-hydrogen) atoms. The Hall–Kier alpha value is -2.69. The minimum absolute atomic E-state index is 0.153. The molecular formula is C21H37N7O7SSi. The number of carbonyl (C=O) groups is 2. The largest absolute Gasteiger partial charge is 0.455 e. The maximum absolute atomic E-state index is 12.9. The molecule has 2 bridgehead atoms. The van der Waals surface area contributed by atoms with E-state index in [4.69, 9.17) is 9.26 Å². The number of hydrogen-bond acceptors (Lipinski definition) is 9. The third-order valence-corrected chi connectivity index (χ3v) is 11.7. The molecule has 2 atom stereocenters. The Morgan fingerprint density at radius 3 is 2.46 bits per heavy atom.